The van der Waals surface area contributed by atoms with Crippen LogP contribution in [0.5, 0.6) is 5.75 Å². The van der Waals surface area contributed by atoms with E-state index >= 15 is 0 Å². The number of amides is 1. The molecule has 0 aliphatic rings. The van der Waals surface area contributed by atoms with Gasteiger partial charge in [0.15, 0.2) is 6.61 Å². The van der Waals surface area contributed by atoms with Crippen LogP contribution < -0.4 is 10.1 Å². The van der Waals surface area contributed by atoms with Gasteiger partial charge in [0, 0.05) is 0 Å². The molecular formula is C10H10N2O2. The van der Waals surface area contributed by atoms with Gasteiger partial charge in [0.05, 0.1) is 5.69 Å². The number of nitrogens with one attached hydrogen (secondary N) is 1. The molecule has 0 spiro atoms. The molecule has 1 N–H and O–H groups in total. The van der Waals surface area contributed by atoms with Gasteiger partial charge in [0.25, 0.3) is 0 Å². The Balaban J connectivity index is 2.90. The third-order valence-corrected chi connectivity index (χ3v) is 1.64. The van der Waals surface area contributed by atoms with Gasteiger partial charge in [-0.15, -0.1) is 0 Å². The van der Waals surface area contributed by atoms with E-state index in [2.05, 4.69) is 5.32 Å². The number of benzene rings is 1. The molecular weight excluding hydrogens is 180 g/mol. The molecule has 0 radical (unpaired) electrons. The number of aryl methyl sites for hydroxylation is 1. The maximum Gasteiger partial charge on any atom is 0.211 e. The molecule has 0 unspecified atom stereocenters. The maximum absolute atomic E-state index is 10.3. The summed E-state index contributed by atoms with van der Waals surface area (Å²) < 4.78 is 5.11. The SMILES string of the molecule is Cc1ccc(OCC#N)c(NC=O)c1. The van der Waals surface area contributed by atoms with Crippen LogP contribution in [0, 0.1) is 18.3 Å². The van der Waals surface area contributed by atoms with Crippen molar-refractivity contribution < 1.29 is 9.53 Å². The molecule has 0 bridgehead atoms. The third-order valence-electron chi connectivity index (χ3n) is 1.64. The minimum Gasteiger partial charge on any atom is -0.477 e. The van der Waals surface area contributed by atoms with Crippen LogP contribution in [-0.2, 0) is 4.79 Å². The zero-order chi connectivity index (χ0) is 10.4. The van der Waals surface area contributed by atoms with E-state index in [-0.39, 0.29) is 6.61 Å². The van der Waals surface area contributed by atoms with Crippen molar-refractivity contribution in [3.63, 3.8) is 0 Å². The number of carbonyl (C=O) groups is 1. The van der Waals surface area contributed by atoms with E-state index in [1.54, 1.807) is 12.1 Å². The molecule has 1 aromatic carbocycles. The minimum atomic E-state index is -0.0312. The molecule has 4 heteroatoms. The average Bonchev–Trinajstić information content (AvgIpc) is 2.17. The van der Waals surface area contributed by atoms with Gasteiger partial charge in [0.1, 0.15) is 11.8 Å². The molecule has 0 saturated carbocycles. The fraction of sp³-hybridized carbons (Fsp3) is 0.200. The first-order valence-electron chi connectivity index (χ1n) is 4.08. The molecule has 1 amide bonds. The summed E-state index contributed by atoms with van der Waals surface area (Å²) in [6.45, 7) is 1.88. The summed E-state index contributed by atoms with van der Waals surface area (Å²) in [4.78, 5) is 10.3. The summed E-state index contributed by atoms with van der Waals surface area (Å²) in [7, 11) is 0. The normalized spacial score (nSPS) is 8.86. The van der Waals surface area contributed by atoms with Gasteiger partial charge in [0.2, 0.25) is 6.41 Å². The number of nitrogens with zero attached hydrogens (tertiary/aromatic N) is 1. The Bertz CT molecular complexity index is 369. The van der Waals surface area contributed by atoms with Crippen LogP contribution in [0.25, 0.3) is 0 Å². The minimum absolute atomic E-state index is 0.0312. The second-order valence-electron chi connectivity index (χ2n) is 2.71. The van der Waals surface area contributed by atoms with Crippen molar-refractivity contribution in [1.29, 1.82) is 5.26 Å². The summed E-state index contributed by atoms with van der Waals surface area (Å²) in [5.41, 5.74) is 1.59. The summed E-state index contributed by atoms with van der Waals surface area (Å²) in [6.07, 6.45) is 0.577. The number of hydrogen-bond acceptors (Lipinski definition) is 3. The van der Waals surface area contributed by atoms with Crippen LogP contribution in [0.1, 0.15) is 5.56 Å². The Morgan fingerprint density at radius 1 is 1.64 bits per heavy atom. The van der Waals surface area contributed by atoms with E-state index in [4.69, 9.17) is 10.00 Å². The van der Waals surface area contributed by atoms with Crippen LogP contribution in [0.4, 0.5) is 5.69 Å². The molecule has 0 fully saturated rings. The van der Waals surface area contributed by atoms with Crippen molar-refractivity contribution in [3.05, 3.63) is 23.8 Å². The van der Waals surface area contributed by atoms with Crippen LogP contribution in [0.2, 0.25) is 0 Å². The molecule has 0 atom stereocenters. The van der Waals surface area contributed by atoms with Crippen molar-refractivity contribution >= 4 is 12.1 Å². The quantitative estimate of drug-likeness (QED) is 0.731. The van der Waals surface area contributed by atoms with E-state index in [9.17, 15) is 4.79 Å². The molecule has 1 aromatic rings. The Morgan fingerprint density at radius 2 is 2.43 bits per heavy atom. The van der Waals surface area contributed by atoms with Crippen molar-refractivity contribution in [2.45, 2.75) is 6.92 Å². The first-order chi connectivity index (χ1) is 6.77. The molecule has 4 nitrogen and oxygen atoms in total. The topological polar surface area (TPSA) is 62.1 Å². The van der Waals surface area contributed by atoms with Crippen molar-refractivity contribution in [1.82, 2.24) is 0 Å². The first-order valence-corrected chi connectivity index (χ1v) is 4.08. The van der Waals surface area contributed by atoms with E-state index in [0.717, 1.165) is 5.56 Å². The van der Waals surface area contributed by atoms with E-state index < -0.39 is 0 Å². The fourth-order valence-corrected chi connectivity index (χ4v) is 1.06. The van der Waals surface area contributed by atoms with Gasteiger partial charge in [-0.1, -0.05) is 6.07 Å². The van der Waals surface area contributed by atoms with Crippen molar-refractivity contribution in [3.8, 4) is 11.8 Å². The zero-order valence-electron chi connectivity index (χ0n) is 7.78. The lowest BCUT2D eigenvalue weighted by Gasteiger charge is -2.08. The van der Waals surface area contributed by atoms with Gasteiger partial charge in [-0.05, 0) is 24.6 Å². The van der Waals surface area contributed by atoms with Gasteiger partial charge < -0.3 is 10.1 Å². The van der Waals surface area contributed by atoms with Gasteiger partial charge >= 0.3 is 0 Å². The lowest BCUT2D eigenvalue weighted by Crippen LogP contribution is -2.00. The number of carbonyl (C=O) groups excluding carboxylic acids is 1. The molecule has 0 heterocycles. The molecule has 72 valence electrons. The monoisotopic (exact) mass is 190 g/mol. The average molecular weight is 190 g/mol. The lowest BCUT2D eigenvalue weighted by molar-refractivity contribution is -0.105. The fourth-order valence-electron chi connectivity index (χ4n) is 1.06. The first kappa shape index (κ1) is 10.1. The van der Waals surface area contributed by atoms with Crippen LogP contribution in [-0.4, -0.2) is 13.0 Å². The van der Waals surface area contributed by atoms with Gasteiger partial charge in [-0.3, -0.25) is 4.79 Å². The third kappa shape index (κ3) is 2.49. The van der Waals surface area contributed by atoms with Crippen LogP contribution in [0.3, 0.4) is 0 Å². The number of anilines is 1. The number of nitriles is 1. The highest BCUT2D eigenvalue weighted by Crippen LogP contribution is 2.24. The van der Waals surface area contributed by atoms with Gasteiger partial charge in [-0.25, -0.2) is 0 Å². The lowest BCUT2D eigenvalue weighted by atomic mass is 10.2. The van der Waals surface area contributed by atoms with Crippen molar-refractivity contribution in [2.24, 2.45) is 0 Å². The Hall–Kier alpha value is -2.02. The van der Waals surface area contributed by atoms with Crippen molar-refractivity contribution in [2.75, 3.05) is 11.9 Å². The van der Waals surface area contributed by atoms with Gasteiger partial charge in [-0.2, -0.15) is 5.26 Å². The standard InChI is InChI=1S/C10H10N2O2/c1-8-2-3-10(14-5-4-11)9(6-8)12-7-13/h2-3,6-7H,5H2,1H3,(H,12,13). The molecule has 0 aromatic heterocycles. The second kappa shape index (κ2) is 4.87. The predicted molar refractivity (Wildman–Crippen MR) is 52.0 cm³/mol. The molecule has 0 aliphatic carbocycles. The Morgan fingerprint density at radius 3 is 3.07 bits per heavy atom. The Labute approximate surface area is 82.1 Å². The van der Waals surface area contributed by atoms with E-state index in [0.29, 0.717) is 17.8 Å². The second-order valence-corrected chi connectivity index (χ2v) is 2.71. The molecule has 14 heavy (non-hydrogen) atoms. The highest BCUT2D eigenvalue weighted by atomic mass is 16.5. The summed E-state index contributed by atoms with van der Waals surface area (Å²) in [5, 5.41) is 10.8. The molecule has 1 rings (SSSR count). The highest BCUT2D eigenvalue weighted by molar-refractivity contribution is 5.75. The van der Waals surface area contributed by atoms with E-state index in [1.807, 2.05) is 19.1 Å². The maximum atomic E-state index is 10.3. The van der Waals surface area contributed by atoms with Crippen LogP contribution in [0.15, 0.2) is 18.2 Å². The smallest absolute Gasteiger partial charge is 0.211 e. The number of hydrogen-bond donors (Lipinski definition) is 1. The zero-order valence-corrected chi connectivity index (χ0v) is 7.78. The summed E-state index contributed by atoms with van der Waals surface area (Å²) in [5.74, 6) is 0.504. The summed E-state index contributed by atoms with van der Waals surface area (Å²) >= 11 is 0. The van der Waals surface area contributed by atoms with E-state index in [1.165, 1.54) is 0 Å². The number of rotatable bonds is 4. The highest BCUT2D eigenvalue weighted by Gasteiger charge is 2.02. The Kier molecular flexibility index (Phi) is 3.50. The number of ether oxygens (including phenoxy) is 1. The van der Waals surface area contributed by atoms with Crippen LogP contribution >= 0.6 is 0 Å². The summed E-state index contributed by atoms with van der Waals surface area (Å²) in [6, 6.07) is 7.21. The molecule has 0 saturated heterocycles. The molecule has 0 aliphatic heterocycles. The predicted octanol–water partition coefficient (Wildman–Crippen LogP) is 1.47. The largest absolute Gasteiger partial charge is 0.477 e.